The lowest BCUT2D eigenvalue weighted by molar-refractivity contribution is -0.115. The molecule has 0 unspecified atom stereocenters. The Morgan fingerprint density at radius 1 is 0.967 bits per heavy atom. The second-order valence-electron chi connectivity index (χ2n) is 6.71. The molecular weight excluding hydrogens is 402 g/mol. The van der Waals surface area contributed by atoms with Gasteiger partial charge in [0.1, 0.15) is 16.9 Å². The van der Waals surface area contributed by atoms with E-state index in [0.29, 0.717) is 23.1 Å². The van der Waals surface area contributed by atoms with Crippen LogP contribution in [0, 0.1) is 0 Å². The van der Waals surface area contributed by atoms with Crippen molar-refractivity contribution in [2.45, 2.75) is 12.8 Å². The van der Waals surface area contributed by atoms with Crippen molar-refractivity contribution in [1.29, 1.82) is 0 Å². The van der Waals surface area contributed by atoms with Crippen molar-refractivity contribution in [3.05, 3.63) is 92.5 Å². The summed E-state index contributed by atoms with van der Waals surface area (Å²) in [6.07, 6.45) is 0.217. The predicted molar refractivity (Wildman–Crippen MR) is 115 cm³/mol. The van der Waals surface area contributed by atoms with Gasteiger partial charge < -0.3 is 14.8 Å². The Balaban J connectivity index is 1.47. The van der Waals surface area contributed by atoms with E-state index in [1.165, 1.54) is 11.3 Å². The van der Waals surface area contributed by atoms with Crippen LogP contribution in [-0.4, -0.2) is 16.8 Å². The fraction of sp³-hybridized carbons (Fsp3) is 0.0870. The molecular formula is C23H17NO5S. The van der Waals surface area contributed by atoms with Crippen molar-refractivity contribution >= 4 is 39.7 Å². The van der Waals surface area contributed by atoms with Crippen molar-refractivity contribution in [2.75, 3.05) is 5.32 Å². The molecule has 7 heteroatoms. The first-order chi connectivity index (χ1) is 14.5. The van der Waals surface area contributed by atoms with Crippen LogP contribution in [0.15, 0.2) is 75.3 Å². The van der Waals surface area contributed by atoms with Crippen LogP contribution in [0.4, 0.5) is 5.69 Å². The maximum absolute atomic E-state index is 12.7. The lowest BCUT2D eigenvalue weighted by Crippen LogP contribution is -2.16. The standard InChI is InChI=1S/C23H17NO5S/c25-18(21-22(27)17-5-1-2-6-19(17)29-23(21)28)12-14-7-9-15(10-8-14)24-20(26)13-16-4-3-11-30-16/h1-11,27H,12-13H2,(H,24,26). The molecule has 4 aromatic rings. The maximum Gasteiger partial charge on any atom is 0.351 e. The fourth-order valence-corrected chi connectivity index (χ4v) is 3.84. The van der Waals surface area contributed by atoms with E-state index < -0.39 is 11.4 Å². The number of benzene rings is 2. The Labute approximate surface area is 175 Å². The van der Waals surface area contributed by atoms with Gasteiger partial charge in [-0.1, -0.05) is 30.3 Å². The van der Waals surface area contributed by atoms with E-state index in [4.69, 9.17) is 4.42 Å². The summed E-state index contributed by atoms with van der Waals surface area (Å²) >= 11 is 1.52. The SMILES string of the molecule is O=C(Cc1cccs1)Nc1ccc(CC(=O)c2c(O)c3ccccc3oc2=O)cc1. The molecule has 0 radical (unpaired) electrons. The number of hydrogen-bond donors (Lipinski definition) is 2. The summed E-state index contributed by atoms with van der Waals surface area (Å²) in [4.78, 5) is 37.9. The highest BCUT2D eigenvalue weighted by Gasteiger charge is 2.21. The topological polar surface area (TPSA) is 96.6 Å². The number of Topliss-reactive ketones (excluding diaryl/α,β-unsaturated/α-hetero) is 1. The van der Waals surface area contributed by atoms with Crippen LogP contribution in [0.5, 0.6) is 5.75 Å². The number of nitrogens with one attached hydrogen (secondary N) is 1. The minimum absolute atomic E-state index is 0.0833. The molecule has 0 spiro atoms. The monoisotopic (exact) mass is 419 g/mol. The van der Waals surface area contributed by atoms with Crippen molar-refractivity contribution in [1.82, 2.24) is 0 Å². The van der Waals surface area contributed by atoms with Crippen LogP contribution in [0.1, 0.15) is 20.8 Å². The number of carbonyl (C=O) groups excluding carboxylic acids is 2. The fourth-order valence-electron chi connectivity index (χ4n) is 3.14. The van der Waals surface area contributed by atoms with Gasteiger partial charge in [-0.05, 0) is 41.3 Å². The Hall–Kier alpha value is -3.71. The zero-order valence-corrected chi connectivity index (χ0v) is 16.6. The Morgan fingerprint density at radius 2 is 1.73 bits per heavy atom. The van der Waals surface area contributed by atoms with E-state index in [-0.39, 0.29) is 29.2 Å². The van der Waals surface area contributed by atoms with Crippen LogP contribution >= 0.6 is 11.3 Å². The highest BCUT2D eigenvalue weighted by Crippen LogP contribution is 2.27. The molecule has 30 heavy (non-hydrogen) atoms. The third kappa shape index (κ3) is 4.16. The molecule has 2 heterocycles. The molecule has 0 saturated carbocycles. The van der Waals surface area contributed by atoms with Crippen molar-refractivity contribution in [2.24, 2.45) is 0 Å². The van der Waals surface area contributed by atoms with E-state index in [1.54, 1.807) is 48.5 Å². The largest absolute Gasteiger partial charge is 0.506 e. The number of para-hydroxylation sites is 1. The number of aromatic hydroxyl groups is 1. The lowest BCUT2D eigenvalue weighted by Gasteiger charge is -2.07. The second-order valence-corrected chi connectivity index (χ2v) is 7.74. The molecule has 0 bridgehead atoms. The van der Waals surface area contributed by atoms with Gasteiger partial charge in [0.25, 0.3) is 0 Å². The number of carbonyl (C=O) groups is 2. The highest BCUT2D eigenvalue weighted by molar-refractivity contribution is 7.10. The molecule has 0 atom stereocenters. The first kappa shape index (κ1) is 19.6. The number of amides is 1. The third-order valence-corrected chi connectivity index (χ3v) is 5.46. The van der Waals surface area contributed by atoms with E-state index in [9.17, 15) is 19.5 Å². The van der Waals surface area contributed by atoms with E-state index in [1.807, 2.05) is 17.5 Å². The molecule has 4 rings (SSSR count). The summed E-state index contributed by atoms with van der Waals surface area (Å²) in [5.41, 5.74) is 0.249. The minimum atomic E-state index is -0.867. The molecule has 2 aromatic carbocycles. The summed E-state index contributed by atoms with van der Waals surface area (Å²) in [5, 5.41) is 15.4. The van der Waals surface area contributed by atoms with Crippen molar-refractivity contribution in [3.63, 3.8) is 0 Å². The first-order valence-electron chi connectivity index (χ1n) is 9.20. The van der Waals surface area contributed by atoms with Gasteiger partial charge in [-0.2, -0.15) is 0 Å². The molecule has 1 amide bonds. The number of hydrogen-bond acceptors (Lipinski definition) is 6. The minimum Gasteiger partial charge on any atom is -0.506 e. The average molecular weight is 419 g/mol. The average Bonchev–Trinajstić information content (AvgIpc) is 3.22. The van der Waals surface area contributed by atoms with Crippen molar-refractivity contribution < 1.29 is 19.1 Å². The number of ketones is 1. The quantitative estimate of drug-likeness (QED) is 0.361. The van der Waals surface area contributed by atoms with Gasteiger partial charge in [0.15, 0.2) is 5.78 Å². The lowest BCUT2D eigenvalue weighted by atomic mass is 10.0. The summed E-state index contributed by atoms with van der Waals surface area (Å²) in [5.74, 6) is -1.04. The van der Waals surface area contributed by atoms with Crippen molar-refractivity contribution in [3.8, 4) is 5.75 Å². The zero-order chi connectivity index (χ0) is 21.1. The van der Waals surface area contributed by atoms with E-state index in [2.05, 4.69) is 5.32 Å². The van der Waals surface area contributed by atoms with E-state index >= 15 is 0 Å². The van der Waals surface area contributed by atoms with Crippen LogP contribution in [0.25, 0.3) is 11.0 Å². The van der Waals surface area contributed by atoms with Gasteiger partial charge in [-0.3, -0.25) is 9.59 Å². The second kappa shape index (κ2) is 8.34. The summed E-state index contributed by atoms with van der Waals surface area (Å²) in [6, 6.07) is 17.1. The molecule has 2 aromatic heterocycles. The molecule has 6 nitrogen and oxygen atoms in total. The van der Waals surface area contributed by atoms with Crippen LogP contribution < -0.4 is 10.9 Å². The van der Waals surface area contributed by atoms with Crippen LogP contribution in [0.2, 0.25) is 0 Å². The van der Waals surface area contributed by atoms with Crippen LogP contribution in [0.3, 0.4) is 0 Å². The zero-order valence-electron chi connectivity index (χ0n) is 15.8. The molecule has 0 saturated heterocycles. The summed E-state index contributed by atoms with van der Waals surface area (Å²) in [6.45, 7) is 0. The molecule has 2 N–H and O–H groups in total. The number of fused-ring (bicyclic) bond motifs is 1. The molecule has 0 fully saturated rings. The smallest absolute Gasteiger partial charge is 0.351 e. The normalized spacial score (nSPS) is 10.8. The predicted octanol–water partition coefficient (Wildman–Crippen LogP) is 4.17. The van der Waals surface area contributed by atoms with Crippen LogP contribution in [-0.2, 0) is 17.6 Å². The Kier molecular flexibility index (Phi) is 5.45. The van der Waals surface area contributed by atoms with Gasteiger partial charge in [0, 0.05) is 17.0 Å². The van der Waals surface area contributed by atoms with Gasteiger partial charge in [-0.15, -0.1) is 11.3 Å². The molecule has 0 aliphatic heterocycles. The first-order valence-corrected chi connectivity index (χ1v) is 10.1. The Morgan fingerprint density at radius 3 is 2.47 bits per heavy atom. The molecule has 150 valence electrons. The molecule has 0 aliphatic carbocycles. The summed E-state index contributed by atoms with van der Waals surface area (Å²) in [7, 11) is 0. The number of thiophene rings is 1. The van der Waals surface area contributed by atoms with Gasteiger partial charge in [0.2, 0.25) is 5.91 Å². The highest BCUT2D eigenvalue weighted by atomic mass is 32.1. The van der Waals surface area contributed by atoms with Gasteiger partial charge in [-0.25, -0.2) is 4.79 Å². The Bertz CT molecular complexity index is 1270. The summed E-state index contributed by atoms with van der Waals surface area (Å²) < 4.78 is 5.16. The van der Waals surface area contributed by atoms with Gasteiger partial charge >= 0.3 is 5.63 Å². The number of rotatable bonds is 6. The van der Waals surface area contributed by atoms with Gasteiger partial charge in [0.05, 0.1) is 11.8 Å². The number of anilines is 1. The third-order valence-electron chi connectivity index (χ3n) is 4.58. The van der Waals surface area contributed by atoms with E-state index in [0.717, 1.165) is 4.88 Å². The maximum atomic E-state index is 12.7. The molecule has 0 aliphatic rings.